The minimum Gasteiger partial charge on any atom is -0.276 e. The van der Waals surface area contributed by atoms with Gasteiger partial charge in [0.25, 0.3) is 0 Å². The van der Waals surface area contributed by atoms with E-state index in [9.17, 15) is 0 Å². The predicted molar refractivity (Wildman–Crippen MR) is 211 cm³/mol. The Labute approximate surface area is 299 Å². The first-order valence-electron chi connectivity index (χ1n) is 17.8. The van der Waals surface area contributed by atoms with Crippen LogP contribution >= 0.6 is 0 Å². The molecule has 1 spiro atoms. The topological polar surface area (TPSA) is 43.6 Å². The van der Waals surface area contributed by atoms with Crippen LogP contribution in [0.1, 0.15) is 22.3 Å². The van der Waals surface area contributed by atoms with Gasteiger partial charge in [-0.3, -0.25) is 9.55 Å². The summed E-state index contributed by atoms with van der Waals surface area (Å²) in [4.78, 5) is 15.9. The molecule has 3 aromatic heterocycles. The first kappa shape index (κ1) is 27.9. The van der Waals surface area contributed by atoms with Crippen molar-refractivity contribution in [1.29, 1.82) is 0 Å². The Morgan fingerprint density at radius 3 is 1.87 bits per heavy atom. The second kappa shape index (κ2) is 10.1. The molecular weight excluding hydrogens is 633 g/mol. The maximum Gasteiger partial charge on any atom is 0.235 e. The molecule has 52 heavy (non-hydrogen) atoms. The van der Waals surface area contributed by atoms with Gasteiger partial charge in [-0.1, -0.05) is 140 Å². The molecule has 2 aliphatic rings. The quantitative estimate of drug-likeness (QED) is 0.189. The van der Waals surface area contributed by atoms with E-state index in [2.05, 4.69) is 168 Å². The first-order valence-corrected chi connectivity index (χ1v) is 17.8. The monoisotopic (exact) mass is 660 g/mol. The van der Waals surface area contributed by atoms with Crippen LogP contribution in [0.5, 0.6) is 0 Å². The molecule has 3 heterocycles. The third-order valence-corrected chi connectivity index (χ3v) is 11.4. The standard InChI is InChI=1S/C48H28N4/c1-2-13-29(14-3-1)30-15-10-16-31(27-30)46-34-19-6-9-24-39(34)50-47(51-46)52-41-26-12-23-38-44(41)45-42(52)28-49-40-25-11-22-37(43(40)45)48(38)35-20-7-4-17-32(35)33-18-5-8-21-36(33)48/h1-28H. The molecule has 4 nitrogen and oxygen atoms in total. The zero-order valence-electron chi connectivity index (χ0n) is 28.0. The van der Waals surface area contributed by atoms with Crippen LogP contribution < -0.4 is 0 Å². The third kappa shape index (κ3) is 3.43. The lowest BCUT2D eigenvalue weighted by Gasteiger charge is -2.37. The number of fused-ring (bicyclic) bond motifs is 8. The van der Waals surface area contributed by atoms with Crippen molar-refractivity contribution < 1.29 is 0 Å². The van der Waals surface area contributed by atoms with Crippen molar-refractivity contribution in [1.82, 2.24) is 19.5 Å². The summed E-state index contributed by atoms with van der Waals surface area (Å²) >= 11 is 0. The van der Waals surface area contributed by atoms with Crippen molar-refractivity contribution in [2.75, 3.05) is 0 Å². The molecule has 0 fully saturated rings. The molecule has 0 atom stereocenters. The van der Waals surface area contributed by atoms with Crippen LogP contribution in [0.2, 0.25) is 0 Å². The molecule has 10 aromatic rings. The Hall–Kier alpha value is -6.91. The van der Waals surface area contributed by atoms with Crippen molar-refractivity contribution in [2.45, 2.75) is 5.41 Å². The van der Waals surface area contributed by atoms with Gasteiger partial charge in [-0.15, -0.1) is 0 Å². The fraction of sp³-hybridized carbons (Fsp3) is 0.0208. The van der Waals surface area contributed by atoms with Gasteiger partial charge in [-0.25, -0.2) is 9.97 Å². The van der Waals surface area contributed by atoms with E-state index in [1.807, 2.05) is 6.20 Å². The second-order valence-corrected chi connectivity index (χ2v) is 13.9. The summed E-state index contributed by atoms with van der Waals surface area (Å²) in [6.45, 7) is 0. The average molecular weight is 661 g/mol. The molecule has 12 rings (SSSR count). The van der Waals surface area contributed by atoms with Gasteiger partial charge in [-0.05, 0) is 68.8 Å². The lowest BCUT2D eigenvalue weighted by molar-refractivity contribution is 0.782. The maximum absolute atomic E-state index is 5.46. The van der Waals surface area contributed by atoms with Crippen molar-refractivity contribution in [3.63, 3.8) is 0 Å². The van der Waals surface area contributed by atoms with E-state index in [0.717, 1.165) is 44.3 Å². The summed E-state index contributed by atoms with van der Waals surface area (Å²) in [6.07, 6.45) is 2.02. The van der Waals surface area contributed by atoms with Gasteiger partial charge in [0.2, 0.25) is 5.95 Å². The highest BCUT2D eigenvalue weighted by molar-refractivity contribution is 6.25. The number of aromatic nitrogens is 4. The van der Waals surface area contributed by atoms with Gasteiger partial charge in [-0.2, -0.15) is 0 Å². The molecule has 0 amide bonds. The van der Waals surface area contributed by atoms with Crippen LogP contribution in [0, 0.1) is 0 Å². The molecule has 0 radical (unpaired) electrons. The second-order valence-electron chi connectivity index (χ2n) is 13.9. The highest BCUT2D eigenvalue weighted by Gasteiger charge is 2.50. The van der Waals surface area contributed by atoms with Crippen molar-refractivity contribution >= 4 is 43.6 Å². The van der Waals surface area contributed by atoms with Crippen molar-refractivity contribution in [2.24, 2.45) is 0 Å². The minimum atomic E-state index is -0.491. The fourth-order valence-corrected chi connectivity index (χ4v) is 9.44. The van der Waals surface area contributed by atoms with Crippen LogP contribution in [0.3, 0.4) is 0 Å². The van der Waals surface area contributed by atoms with E-state index in [4.69, 9.17) is 15.0 Å². The van der Waals surface area contributed by atoms with Crippen LogP contribution in [0.25, 0.3) is 83.1 Å². The summed E-state index contributed by atoms with van der Waals surface area (Å²) in [5.74, 6) is 0.637. The number of nitrogens with zero attached hydrogens (tertiary/aromatic N) is 4. The van der Waals surface area contributed by atoms with E-state index in [1.54, 1.807) is 0 Å². The van der Waals surface area contributed by atoms with E-state index >= 15 is 0 Å². The smallest absolute Gasteiger partial charge is 0.235 e. The Kier molecular flexibility index (Phi) is 5.40. The zero-order chi connectivity index (χ0) is 34.0. The van der Waals surface area contributed by atoms with Gasteiger partial charge in [0.15, 0.2) is 0 Å². The fourth-order valence-electron chi connectivity index (χ4n) is 9.44. The highest BCUT2D eigenvalue weighted by Crippen LogP contribution is 2.61. The molecule has 0 saturated heterocycles. The number of benzene rings is 7. The largest absolute Gasteiger partial charge is 0.276 e. The molecule has 0 aliphatic heterocycles. The van der Waals surface area contributed by atoms with Gasteiger partial charge in [0, 0.05) is 27.1 Å². The molecular formula is C48H28N4. The van der Waals surface area contributed by atoms with Crippen molar-refractivity contribution in [3.05, 3.63) is 192 Å². The van der Waals surface area contributed by atoms with Gasteiger partial charge < -0.3 is 0 Å². The predicted octanol–water partition coefficient (Wildman–Crippen LogP) is 11.3. The first-order chi connectivity index (χ1) is 25.8. The lowest BCUT2D eigenvalue weighted by Crippen LogP contribution is -2.30. The van der Waals surface area contributed by atoms with Crippen LogP contribution in [0.4, 0.5) is 0 Å². The molecule has 0 unspecified atom stereocenters. The minimum absolute atomic E-state index is 0.491. The number of pyridine rings is 1. The summed E-state index contributed by atoms with van der Waals surface area (Å²) in [7, 11) is 0. The molecule has 7 aromatic carbocycles. The molecule has 0 saturated carbocycles. The van der Waals surface area contributed by atoms with E-state index < -0.39 is 5.41 Å². The van der Waals surface area contributed by atoms with Crippen LogP contribution in [-0.2, 0) is 5.41 Å². The summed E-state index contributed by atoms with van der Waals surface area (Å²) in [5, 5.41) is 4.67. The number of para-hydroxylation sites is 1. The Balaban J connectivity index is 1.20. The molecule has 0 N–H and O–H groups in total. The number of hydrogen-bond donors (Lipinski definition) is 0. The lowest BCUT2D eigenvalue weighted by atomic mass is 9.63. The van der Waals surface area contributed by atoms with Gasteiger partial charge in [0.1, 0.15) is 0 Å². The zero-order valence-corrected chi connectivity index (χ0v) is 28.0. The highest BCUT2D eigenvalue weighted by atomic mass is 15.2. The number of hydrogen-bond acceptors (Lipinski definition) is 3. The molecule has 4 heteroatoms. The van der Waals surface area contributed by atoms with Crippen LogP contribution in [0.15, 0.2) is 170 Å². The summed E-state index contributed by atoms with van der Waals surface area (Å²) in [5.41, 5.74) is 15.5. The van der Waals surface area contributed by atoms with Gasteiger partial charge in [0.05, 0.1) is 39.4 Å². The Bertz CT molecular complexity index is 3090. The Morgan fingerprint density at radius 1 is 0.423 bits per heavy atom. The summed E-state index contributed by atoms with van der Waals surface area (Å²) in [6, 6.07) is 58.9. The SMILES string of the molecule is c1ccc(-c2cccc(-c3nc(-n4c5cccc6c5c5c7c(cccc7ncc54)C64c5ccccc5-c5ccccc54)nc4ccccc34)c2)cc1. The Morgan fingerprint density at radius 2 is 1.04 bits per heavy atom. The molecule has 2 aliphatic carbocycles. The summed E-state index contributed by atoms with van der Waals surface area (Å²) < 4.78 is 2.25. The van der Waals surface area contributed by atoms with Crippen molar-refractivity contribution in [3.8, 4) is 39.5 Å². The van der Waals surface area contributed by atoms with E-state index in [-0.39, 0.29) is 0 Å². The maximum atomic E-state index is 5.46. The third-order valence-electron chi connectivity index (χ3n) is 11.4. The number of rotatable bonds is 3. The van der Waals surface area contributed by atoms with Crippen LogP contribution in [-0.4, -0.2) is 19.5 Å². The molecule has 240 valence electrons. The normalized spacial score (nSPS) is 13.5. The van der Waals surface area contributed by atoms with E-state index in [0.29, 0.717) is 5.95 Å². The van der Waals surface area contributed by atoms with E-state index in [1.165, 1.54) is 55.1 Å². The molecule has 0 bridgehead atoms. The average Bonchev–Trinajstić information content (AvgIpc) is 3.71. The van der Waals surface area contributed by atoms with Gasteiger partial charge >= 0.3 is 0 Å².